The largest absolute Gasteiger partial charge is 0.237 e. The minimum atomic E-state index is 0.436. The summed E-state index contributed by atoms with van der Waals surface area (Å²) in [7, 11) is 0. The summed E-state index contributed by atoms with van der Waals surface area (Å²) in [4.78, 5) is 20.5. The van der Waals surface area contributed by atoms with Gasteiger partial charge in [-0.05, 0) is 58.0 Å². The van der Waals surface area contributed by atoms with Gasteiger partial charge in [-0.1, -0.05) is 163 Å². The first kappa shape index (κ1) is 31.7. The molecule has 1 unspecified atom stereocenters. The summed E-state index contributed by atoms with van der Waals surface area (Å²) < 4.78 is 2.44. The fourth-order valence-electron chi connectivity index (χ4n) is 7.96. The summed E-state index contributed by atoms with van der Waals surface area (Å²) in [6.07, 6.45) is 1.11. The van der Waals surface area contributed by atoms with Crippen LogP contribution in [0.15, 0.2) is 181 Å². The molecule has 0 saturated heterocycles. The van der Waals surface area contributed by atoms with Gasteiger partial charge >= 0.3 is 0 Å². The first-order valence-electron chi connectivity index (χ1n) is 18.6. The lowest BCUT2D eigenvalue weighted by molar-refractivity contribution is 1.07. The highest BCUT2D eigenvalue weighted by molar-refractivity contribution is 7.16. The van der Waals surface area contributed by atoms with Crippen LogP contribution in [0.25, 0.3) is 83.2 Å². The second-order valence-electron chi connectivity index (χ2n) is 14.2. The van der Waals surface area contributed by atoms with Crippen molar-refractivity contribution in [2.45, 2.75) is 12.3 Å². The predicted octanol–water partition coefficient (Wildman–Crippen LogP) is 11.7. The van der Waals surface area contributed by atoms with E-state index < -0.39 is 0 Å². The SMILES string of the molecule is c1ccc(-c2ccc(-c3nc(-c4ccccc4)nc(-c4cccc(-c5cccc(-c6cccc7c6N=c6sc8ccccc8c6=C6CC67)c5)c4)n3)cc2)cc1. The van der Waals surface area contributed by atoms with Crippen molar-refractivity contribution >= 4 is 32.7 Å². The first-order valence-corrected chi connectivity index (χ1v) is 19.5. The number of benzene rings is 7. The van der Waals surface area contributed by atoms with Crippen LogP contribution in [-0.4, -0.2) is 15.0 Å². The number of rotatable bonds is 6. The highest BCUT2D eigenvalue weighted by atomic mass is 32.1. The molecule has 1 saturated carbocycles. The van der Waals surface area contributed by atoms with E-state index in [0.717, 1.165) is 55.7 Å². The monoisotopic (exact) mass is 720 g/mol. The Hall–Kier alpha value is -6.82. The number of aromatic nitrogens is 3. The molecule has 0 N–H and O–H groups in total. The predicted molar refractivity (Wildman–Crippen MR) is 225 cm³/mol. The van der Waals surface area contributed by atoms with Crippen molar-refractivity contribution in [2.24, 2.45) is 4.99 Å². The van der Waals surface area contributed by atoms with E-state index in [9.17, 15) is 0 Å². The van der Waals surface area contributed by atoms with Gasteiger partial charge < -0.3 is 0 Å². The Morgan fingerprint density at radius 3 is 1.71 bits per heavy atom. The Kier molecular flexibility index (Phi) is 7.45. The van der Waals surface area contributed by atoms with Crippen LogP contribution in [0, 0.1) is 0 Å². The second kappa shape index (κ2) is 12.9. The number of fused-ring (bicyclic) bond motifs is 6. The Labute approximate surface area is 322 Å². The van der Waals surface area contributed by atoms with E-state index in [-0.39, 0.29) is 0 Å². The van der Waals surface area contributed by atoms with E-state index in [1.54, 1.807) is 11.3 Å². The van der Waals surface area contributed by atoms with Crippen LogP contribution >= 0.6 is 11.3 Å². The number of nitrogens with zero attached hydrogens (tertiary/aromatic N) is 4. The van der Waals surface area contributed by atoms with Crippen LogP contribution in [0.1, 0.15) is 17.9 Å². The highest BCUT2D eigenvalue weighted by Gasteiger charge is 2.37. The average Bonchev–Trinajstić information content (AvgIpc) is 3.98. The third kappa shape index (κ3) is 5.68. The Morgan fingerprint density at radius 1 is 0.436 bits per heavy atom. The molecule has 0 radical (unpaired) electrons. The quantitative estimate of drug-likeness (QED) is 0.172. The molecule has 9 aromatic rings. The molecular weight excluding hydrogens is 689 g/mol. The lowest BCUT2D eigenvalue weighted by Gasteiger charge is -2.13. The van der Waals surface area contributed by atoms with Gasteiger partial charge in [0.15, 0.2) is 17.5 Å². The molecule has 5 heteroatoms. The maximum Gasteiger partial charge on any atom is 0.164 e. The van der Waals surface area contributed by atoms with E-state index in [1.807, 2.05) is 36.4 Å². The van der Waals surface area contributed by atoms with Gasteiger partial charge in [0, 0.05) is 43.5 Å². The van der Waals surface area contributed by atoms with Crippen molar-refractivity contribution < 1.29 is 0 Å². The Morgan fingerprint density at radius 2 is 0.964 bits per heavy atom. The van der Waals surface area contributed by atoms with Crippen molar-refractivity contribution in [1.29, 1.82) is 0 Å². The molecule has 1 aliphatic heterocycles. The van der Waals surface area contributed by atoms with E-state index in [0.29, 0.717) is 23.4 Å². The molecule has 1 atom stereocenters. The molecule has 7 aromatic carbocycles. The van der Waals surface area contributed by atoms with E-state index >= 15 is 0 Å². The van der Waals surface area contributed by atoms with Crippen LogP contribution < -0.4 is 9.89 Å². The molecule has 3 heterocycles. The average molecular weight is 721 g/mol. The first-order chi connectivity index (χ1) is 27.2. The third-order valence-electron chi connectivity index (χ3n) is 10.8. The molecule has 11 rings (SSSR count). The van der Waals surface area contributed by atoms with Crippen LogP contribution in [-0.2, 0) is 0 Å². The van der Waals surface area contributed by atoms with Gasteiger partial charge in [0.05, 0.1) is 5.69 Å². The van der Waals surface area contributed by atoms with Crippen LogP contribution in [0.3, 0.4) is 0 Å². The van der Waals surface area contributed by atoms with E-state index in [4.69, 9.17) is 19.9 Å². The van der Waals surface area contributed by atoms with Crippen molar-refractivity contribution in [3.05, 3.63) is 191 Å². The summed E-state index contributed by atoms with van der Waals surface area (Å²) in [5, 5.41) is 2.70. The molecule has 258 valence electrons. The molecule has 2 aliphatic rings. The number of thiophene rings is 1. The molecule has 4 nitrogen and oxygen atoms in total. The fraction of sp³-hybridized carbons (Fsp3) is 0.0400. The van der Waals surface area contributed by atoms with Crippen LogP contribution in [0.4, 0.5) is 5.69 Å². The molecule has 1 fully saturated rings. The van der Waals surface area contributed by atoms with Gasteiger partial charge in [-0.15, -0.1) is 11.3 Å². The van der Waals surface area contributed by atoms with Gasteiger partial charge in [0.25, 0.3) is 0 Å². The van der Waals surface area contributed by atoms with Crippen molar-refractivity contribution in [3.8, 4) is 67.5 Å². The Balaban J connectivity index is 0.985. The van der Waals surface area contributed by atoms with Crippen molar-refractivity contribution in [2.75, 3.05) is 0 Å². The zero-order valence-electron chi connectivity index (χ0n) is 29.7. The molecule has 0 amide bonds. The van der Waals surface area contributed by atoms with Gasteiger partial charge in [-0.3, -0.25) is 0 Å². The standard InChI is InChI=1S/C50H32N4S/c1-3-12-31(13-4-1)32-24-26-34(27-25-32)48-52-47(33-14-5-2-6-15-33)53-49(54-48)38-19-10-17-36(29-38)35-16-9-18-37(28-35)39-21-11-22-40-42-30-43(42)45-41-20-7-8-23-44(41)55-50(45)51-46(39)40/h1-29,42H,30H2. The van der Waals surface area contributed by atoms with Crippen molar-refractivity contribution in [3.63, 3.8) is 0 Å². The molecule has 55 heavy (non-hydrogen) atoms. The fourth-order valence-corrected chi connectivity index (χ4v) is 9.07. The van der Waals surface area contributed by atoms with Gasteiger partial charge in [0.2, 0.25) is 0 Å². The molecular formula is C50H32N4S. The molecule has 0 bridgehead atoms. The lowest BCUT2D eigenvalue weighted by Crippen LogP contribution is -2.18. The molecule has 2 aromatic heterocycles. The summed E-state index contributed by atoms with van der Waals surface area (Å²) in [5.41, 5.74) is 13.7. The normalized spacial score (nSPS) is 14.0. The van der Waals surface area contributed by atoms with Gasteiger partial charge in [0.1, 0.15) is 4.67 Å². The second-order valence-corrected chi connectivity index (χ2v) is 15.2. The Bertz CT molecular complexity index is 3060. The smallest absolute Gasteiger partial charge is 0.164 e. The molecule has 1 aliphatic carbocycles. The van der Waals surface area contributed by atoms with Crippen molar-refractivity contribution in [1.82, 2.24) is 15.0 Å². The number of hydrogen-bond donors (Lipinski definition) is 0. The van der Waals surface area contributed by atoms with E-state index in [1.165, 1.54) is 37.6 Å². The maximum atomic E-state index is 5.42. The highest BCUT2D eigenvalue weighted by Crippen LogP contribution is 2.53. The summed E-state index contributed by atoms with van der Waals surface area (Å²) in [5.74, 6) is 2.36. The summed E-state index contributed by atoms with van der Waals surface area (Å²) in [6.45, 7) is 0. The van der Waals surface area contributed by atoms with E-state index in [2.05, 4.69) is 140 Å². The zero-order chi connectivity index (χ0) is 36.3. The topological polar surface area (TPSA) is 51.0 Å². The van der Waals surface area contributed by atoms with Crippen LogP contribution in [0.5, 0.6) is 0 Å². The van der Waals surface area contributed by atoms with Gasteiger partial charge in [-0.2, -0.15) is 0 Å². The summed E-state index contributed by atoms with van der Waals surface area (Å²) in [6, 6.07) is 61.8. The minimum absolute atomic E-state index is 0.436. The number of para-hydroxylation sites is 1. The maximum absolute atomic E-state index is 5.42. The number of hydrogen-bond acceptors (Lipinski definition) is 5. The van der Waals surface area contributed by atoms with Crippen LogP contribution in [0.2, 0.25) is 0 Å². The molecule has 0 spiro atoms. The van der Waals surface area contributed by atoms with Gasteiger partial charge in [-0.25, -0.2) is 19.9 Å². The lowest BCUT2D eigenvalue weighted by atomic mass is 9.94. The summed E-state index contributed by atoms with van der Waals surface area (Å²) >= 11 is 1.81. The minimum Gasteiger partial charge on any atom is -0.237 e. The zero-order valence-corrected chi connectivity index (χ0v) is 30.5. The third-order valence-corrected chi connectivity index (χ3v) is 11.8.